The van der Waals surface area contributed by atoms with Crippen molar-refractivity contribution in [2.75, 3.05) is 39.8 Å². The van der Waals surface area contributed by atoms with Gasteiger partial charge in [0.25, 0.3) is 0 Å². The maximum Gasteiger partial charge on any atom is 0.0555 e. The number of unbranched alkanes of at least 4 members (excludes halogenated alkanes) is 3. The molecular weight excluding hydrogens is 188 g/mol. The average Bonchev–Trinajstić information content (AvgIpc) is 2.24. The Morgan fingerprint density at radius 2 is 1.73 bits per heavy atom. The first kappa shape index (κ1) is 14.9. The van der Waals surface area contributed by atoms with Crippen LogP contribution >= 0.6 is 0 Å². The van der Waals surface area contributed by atoms with E-state index in [4.69, 9.17) is 5.11 Å². The molecule has 0 aliphatic heterocycles. The first-order valence-corrected chi connectivity index (χ1v) is 6.31. The highest BCUT2D eigenvalue weighted by atomic mass is 16.3. The molecule has 0 heterocycles. The SMILES string of the molecule is CCCCCCN(C)CCCNCCO. The minimum atomic E-state index is 0.243. The molecule has 0 saturated heterocycles. The summed E-state index contributed by atoms with van der Waals surface area (Å²) in [5.41, 5.74) is 0. The topological polar surface area (TPSA) is 35.5 Å². The van der Waals surface area contributed by atoms with E-state index >= 15 is 0 Å². The van der Waals surface area contributed by atoms with E-state index in [1.165, 1.54) is 38.6 Å². The molecule has 0 spiro atoms. The zero-order valence-corrected chi connectivity index (χ0v) is 10.5. The van der Waals surface area contributed by atoms with Crippen molar-refractivity contribution < 1.29 is 5.11 Å². The van der Waals surface area contributed by atoms with E-state index in [-0.39, 0.29) is 6.61 Å². The molecule has 0 saturated carbocycles. The van der Waals surface area contributed by atoms with Gasteiger partial charge in [-0.15, -0.1) is 0 Å². The van der Waals surface area contributed by atoms with Gasteiger partial charge in [-0.3, -0.25) is 0 Å². The summed E-state index contributed by atoms with van der Waals surface area (Å²) in [5, 5.41) is 11.8. The molecule has 0 aliphatic carbocycles. The van der Waals surface area contributed by atoms with Gasteiger partial charge in [0.1, 0.15) is 0 Å². The minimum Gasteiger partial charge on any atom is -0.395 e. The lowest BCUT2D eigenvalue weighted by atomic mass is 10.2. The van der Waals surface area contributed by atoms with Crippen LogP contribution in [-0.4, -0.2) is 49.8 Å². The van der Waals surface area contributed by atoms with Crippen LogP contribution in [0.3, 0.4) is 0 Å². The Balaban J connectivity index is 3.08. The molecule has 0 fully saturated rings. The predicted molar refractivity (Wildman–Crippen MR) is 66.2 cm³/mol. The fourth-order valence-electron chi connectivity index (χ4n) is 1.60. The van der Waals surface area contributed by atoms with Crippen molar-refractivity contribution >= 4 is 0 Å². The molecule has 0 aliphatic rings. The van der Waals surface area contributed by atoms with Crippen LogP contribution in [-0.2, 0) is 0 Å². The van der Waals surface area contributed by atoms with E-state index < -0.39 is 0 Å². The van der Waals surface area contributed by atoms with Gasteiger partial charge in [0.05, 0.1) is 6.61 Å². The normalized spacial score (nSPS) is 11.2. The smallest absolute Gasteiger partial charge is 0.0555 e. The molecule has 15 heavy (non-hydrogen) atoms. The summed E-state index contributed by atoms with van der Waals surface area (Å²) < 4.78 is 0. The maximum atomic E-state index is 8.57. The summed E-state index contributed by atoms with van der Waals surface area (Å²) in [6.07, 6.45) is 6.54. The van der Waals surface area contributed by atoms with Crippen LogP contribution in [0.5, 0.6) is 0 Å². The molecule has 0 bridgehead atoms. The van der Waals surface area contributed by atoms with Gasteiger partial charge in [0.2, 0.25) is 0 Å². The van der Waals surface area contributed by atoms with Gasteiger partial charge in [-0.1, -0.05) is 26.2 Å². The summed E-state index contributed by atoms with van der Waals surface area (Å²) >= 11 is 0. The highest BCUT2D eigenvalue weighted by molar-refractivity contribution is 4.54. The van der Waals surface area contributed by atoms with Gasteiger partial charge >= 0.3 is 0 Å². The van der Waals surface area contributed by atoms with Crippen molar-refractivity contribution in [1.29, 1.82) is 0 Å². The Kier molecular flexibility index (Phi) is 11.9. The summed E-state index contributed by atoms with van der Waals surface area (Å²) in [4.78, 5) is 2.40. The molecule has 2 N–H and O–H groups in total. The Morgan fingerprint density at radius 3 is 2.40 bits per heavy atom. The molecule has 92 valence electrons. The van der Waals surface area contributed by atoms with E-state index in [1.54, 1.807) is 0 Å². The lowest BCUT2D eigenvalue weighted by molar-refractivity contribution is 0.286. The minimum absolute atomic E-state index is 0.243. The molecule has 3 nitrogen and oxygen atoms in total. The van der Waals surface area contributed by atoms with Crippen LogP contribution in [0.4, 0.5) is 0 Å². The number of nitrogens with one attached hydrogen (secondary N) is 1. The summed E-state index contributed by atoms with van der Waals surface area (Å²) in [6, 6.07) is 0. The molecule has 0 unspecified atom stereocenters. The highest BCUT2D eigenvalue weighted by Crippen LogP contribution is 2.00. The number of rotatable bonds is 11. The van der Waals surface area contributed by atoms with Crippen molar-refractivity contribution in [2.45, 2.75) is 39.0 Å². The van der Waals surface area contributed by atoms with Crippen molar-refractivity contribution in [3.63, 3.8) is 0 Å². The van der Waals surface area contributed by atoms with Gasteiger partial charge in [-0.2, -0.15) is 0 Å². The number of nitrogens with zero attached hydrogens (tertiary/aromatic N) is 1. The predicted octanol–water partition coefficient (Wildman–Crippen LogP) is 1.47. The molecule has 0 aromatic heterocycles. The largest absolute Gasteiger partial charge is 0.395 e. The summed E-state index contributed by atoms with van der Waals surface area (Å²) in [6.45, 7) is 6.61. The van der Waals surface area contributed by atoms with Crippen LogP contribution in [0.1, 0.15) is 39.0 Å². The number of aliphatic hydroxyl groups is 1. The van der Waals surface area contributed by atoms with Crippen molar-refractivity contribution in [3.05, 3.63) is 0 Å². The number of aliphatic hydroxyl groups excluding tert-OH is 1. The molecular formula is C12H28N2O. The third kappa shape index (κ3) is 11.8. The number of hydrogen-bond donors (Lipinski definition) is 2. The third-order valence-corrected chi connectivity index (χ3v) is 2.58. The first-order valence-electron chi connectivity index (χ1n) is 6.31. The van der Waals surface area contributed by atoms with Crippen molar-refractivity contribution in [3.8, 4) is 0 Å². The van der Waals surface area contributed by atoms with E-state index in [9.17, 15) is 0 Å². The second kappa shape index (κ2) is 12.0. The van der Waals surface area contributed by atoms with Crippen LogP contribution < -0.4 is 5.32 Å². The second-order valence-corrected chi connectivity index (χ2v) is 4.19. The Bertz CT molecular complexity index is 120. The van der Waals surface area contributed by atoms with Gasteiger partial charge in [-0.25, -0.2) is 0 Å². The zero-order chi connectivity index (χ0) is 11.4. The summed E-state index contributed by atoms with van der Waals surface area (Å²) in [5.74, 6) is 0. The molecule has 0 amide bonds. The van der Waals surface area contributed by atoms with E-state index in [0.29, 0.717) is 0 Å². The van der Waals surface area contributed by atoms with E-state index in [0.717, 1.165) is 19.6 Å². The van der Waals surface area contributed by atoms with Gasteiger partial charge in [0, 0.05) is 6.54 Å². The van der Waals surface area contributed by atoms with Crippen LogP contribution in [0, 0.1) is 0 Å². The van der Waals surface area contributed by atoms with Gasteiger partial charge in [0.15, 0.2) is 0 Å². The Hall–Kier alpha value is -0.120. The maximum absolute atomic E-state index is 8.57. The fraction of sp³-hybridized carbons (Fsp3) is 1.00. The Morgan fingerprint density at radius 1 is 1.00 bits per heavy atom. The quantitative estimate of drug-likeness (QED) is 0.513. The van der Waals surface area contributed by atoms with Gasteiger partial charge in [-0.05, 0) is 39.5 Å². The number of hydrogen-bond acceptors (Lipinski definition) is 3. The first-order chi connectivity index (χ1) is 7.31. The molecule has 0 aromatic carbocycles. The van der Waals surface area contributed by atoms with Crippen LogP contribution in [0.25, 0.3) is 0 Å². The lowest BCUT2D eigenvalue weighted by Crippen LogP contribution is -2.26. The third-order valence-electron chi connectivity index (χ3n) is 2.58. The van der Waals surface area contributed by atoms with Crippen LogP contribution in [0.2, 0.25) is 0 Å². The average molecular weight is 216 g/mol. The van der Waals surface area contributed by atoms with E-state index in [2.05, 4.69) is 24.2 Å². The molecule has 3 heteroatoms. The van der Waals surface area contributed by atoms with Gasteiger partial charge < -0.3 is 15.3 Å². The molecule has 0 radical (unpaired) electrons. The highest BCUT2D eigenvalue weighted by Gasteiger charge is 1.97. The standard InChI is InChI=1S/C12H28N2O/c1-3-4-5-6-10-14(2)11-7-8-13-9-12-15/h13,15H,3-12H2,1-2H3. The van der Waals surface area contributed by atoms with Crippen molar-refractivity contribution in [2.24, 2.45) is 0 Å². The molecule has 0 aromatic rings. The summed E-state index contributed by atoms with van der Waals surface area (Å²) in [7, 11) is 2.19. The lowest BCUT2D eigenvalue weighted by Gasteiger charge is -2.16. The molecule has 0 rings (SSSR count). The zero-order valence-electron chi connectivity index (χ0n) is 10.5. The molecule has 0 atom stereocenters. The Labute approximate surface area is 94.9 Å². The second-order valence-electron chi connectivity index (χ2n) is 4.19. The van der Waals surface area contributed by atoms with E-state index in [1.807, 2.05) is 0 Å². The van der Waals surface area contributed by atoms with Crippen molar-refractivity contribution in [1.82, 2.24) is 10.2 Å². The van der Waals surface area contributed by atoms with Crippen LogP contribution in [0.15, 0.2) is 0 Å². The fourth-order valence-corrected chi connectivity index (χ4v) is 1.60. The monoisotopic (exact) mass is 216 g/mol.